The molecule has 0 aliphatic heterocycles. The Morgan fingerprint density at radius 1 is 1.36 bits per heavy atom. The molecule has 0 nitrogen and oxygen atoms in total. The summed E-state index contributed by atoms with van der Waals surface area (Å²) in [6.45, 7) is 3.96. The first-order valence-electron chi connectivity index (χ1n) is 3.70. The lowest BCUT2D eigenvalue weighted by atomic mass is 10.1. The van der Waals surface area contributed by atoms with Gasteiger partial charge in [-0.15, -0.1) is 11.6 Å². The highest BCUT2D eigenvalue weighted by molar-refractivity contribution is 6.22. The number of alkyl halides is 1. The molecule has 1 atom stereocenters. The van der Waals surface area contributed by atoms with Gasteiger partial charge < -0.3 is 0 Å². The Labute approximate surface area is 71.5 Å². The van der Waals surface area contributed by atoms with E-state index in [1.165, 1.54) is 16.7 Å². The molecule has 0 radical (unpaired) electrons. The maximum absolute atomic E-state index is 6.08. The molecule has 1 aliphatic carbocycles. The smallest absolute Gasteiger partial charge is 0.0631 e. The zero-order valence-corrected chi connectivity index (χ0v) is 6.93. The minimum atomic E-state index is 0.152. The summed E-state index contributed by atoms with van der Waals surface area (Å²) in [7, 11) is 0. The van der Waals surface area contributed by atoms with Crippen molar-refractivity contribution in [1.82, 2.24) is 0 Å². The van der Waals surface area contributed by atoms with Gasteiger partial charge in [0.1, 0.15) is 0 Å². The Morgan fingerprint density at radius 2 is 2.09 bits per heavy atom. The van der Waals surface area contributed by atoms with Crippen LogP contribution < -0.4 is 0 Å². The van der Waals surface area contributed by atoms with Crippen molar-refractivity contribution in [3.8, 4) is 0 Å². The molecule has 0 saturated carbocycles. The zero-order valence-electron chi connectivity index (χ0n) is 6.18. The minimum Gasteiger partial charge on any atom is -0.117 e. The first-order chi connectivity index (χ1) is 5.29. The van der Waals surface area contributed by atoms with Crippen LogP contribution in [0.5, 0.6) is 0 Å². The molecule has 1 aromatic rings. The Morgan fingerprint density at radius 3 is 2.82 bits per heavy atom. The van der Waals surface area contributed by atoms with E-state index in [0.717, 1.165) is 6.42 Å². The third kappa shape index (κ3) is 0.982. The number of hydrogen-bond acceptors (Lipinski definition) is 0. The van der Waals surface area contributed by atoms with Crippen LogP contribution in [0.2, 0.25) is 0 Å². The van der Waals surface area contributed by atoms with Crippen molar-refractivity contribution in [2.45, 2.75) is 11.8 Å². The Bertz CT molecular complexity index is 301. The summed E-state index contributed by atoms with van der Waals surface area (Å²) >= 11 is 6.08. The number of benzene rings is 1. The summed E-state index contributed by atoms with van der Waals surface area (Å²) in [5.74, 6) is 0. The molecule has 1 aliphatic rings. The third-order valence-electron chi connectivity index (χ3n) is 2.10. The predicted octanol–water partition coefficient (Wildman–Crippen LogP) is 3.38. The summed E-state index contributed by atoms with van der Waals surface area (Å²) in [6.07, 6.45) is 0.904. The number of allylic oxidation sites excluding steroid dienone is 1. The Kier molecular flexibility index (Phi) is 1.50. The van der Waals surface area contributed by atoms with Crippen LogP contribution in [0.15, 0.2) is 30.8 Å². The van der Waals surface area contributed by atoms with Crippen molar-refractivity contribution in [3.05, 3.63) is 42.0 Å². The van der Waals surface area contributed by atoms with Gasteiger partial charge in [-0.05, 0) is 23.1 Å². The molecule has 0 bridgehead atoms. The highest BCUT2D eigenvalue weighted by atomic mass is 35.5. The van der Waals surface area contributed by atoms with E-state index >= 15 is 0 Å². The molecule has 0 amide bonds. The summed E-state index contributed by atoms with van der Waals surface area (Å²) in [6, 6.07) is 8.21. The van der Waals surface area contributed by atoms with E-state index in [2.05, 4.69) is 18.7 Å². The van der Waals surface area contributed by atoms with Crippen LogP contribution in [0.25, 0.3) is 5.57 Å². The molecule has 56 valence electrons. The van der Waals surface area contributed by atoms with Gasteiger partial charge >= 0.3 is 0 Å². The fourth-order valence-corrected chi connectivity index (χ4v) is 1.90. The summed E-state index contributed by atoms with van der Waals surface area (Å²) in [5, 5.41) is 0.152. The van der Waals surface area contributed by atoms with E-state index in [0.29, 0.717) is 0 Å². The first kappa shape index (κ1) is 6.93. The third-order valence-corrected chi connectivity index (χ3v) is 2.49. The molecular formula is C10H9Cl. The molecule has 1 heteroatoms. The fourth-order valence-electron chi connectivity index (χ4n) is 1.53. The van der Waals surface area contributed by atoms with E-state index in [1.54, 1.807) is 0 Å². The Balaban J connectivity index is 2.60. The van der Waals surface area contributed by atoms with Crippen molar-refractivity contribution in [3.63, 3.8) is 0 Å². The molecule has 0 aromatic heterocycles. The summed E-state index contributed by atoms with van der Waals surface area (Å²) in [4.78, 5) is 0. The lowest BCUT2D eigenvalue weighted by Gasteiger charge is -1.98. The normalized spacial score (nSPS) is 21.9. The fraction of sp³-hybridized carbons (Fsp3) is 0.200. The molecule has 0 heterocycles. The highest BCUT2D eigenvalue weighted by Crippen LogP contribution is 2.41. The van der Waals surface area contributed by atoms with Crippen molar-refractivity contribution in [1.29, 1.82) is 0 Å². The number of hydrogen-bond donors (Lipinski definition) is 0. The van der Waals surface area contributed by atoms with Crippen LogP contribution in [-0.2, 0) is 0 Å². The average molecular weight is 165 g/mol. The molecule has 1 aromatic carbocycles. The molecule has 2 rings (SSSR count). The van der Waals surface area contributed by atoms with Gasteiger partial charge in [-0.2, -0.15) is 0 Å². The second kappa shape index (κ2) is 2.38. The van der Waals surface area contributed by atoms with Crippen LogP contribution >= 0.6 is 11.6 Å². The van der Waals surface area contributed by atoms with Gasteiger partial charge in [0, 0.05) is 0 Å². The standard InChI is InChI=1S/C10H9Cl/c1-7-6-10(11)9-5-3-2-4-8(7)9/h2-5,10H,1,6H2. The minimum absolute atomic E-state index is 0.152. The molecule has 1 unspecified atom stereocenters. The summed E-state index contributed by atoms with van der Waals surface area (Å²) in [5.41, 5.74) is 3.65. The SMILES string of the molecule is C=C1CC(Cl)c2ccccc21. The van der Waals surface area contributed by atoms with Crippen molar-refractivity contribution in [2.75, 3.05) is 0 Å². The number of fused-ring (bicyclic) bond motifs is 1. The topological polar surface area (TPSA) is 0 Å². The number of halogens is 1. The molecule has 0 saturated heterocycles. The lowest BCUT2D eigenvalue weighted by Crippen LogP contribution is -1.80. The van der Waals surface area contributed by atoms with Crippen LogP contribution in [0.4, 0.5) is 0 Å². The second-order valence-electron chi connectivity index (χ2n) is 2.86. The van der Waals surface area contributed by atoms with Gasteiger partial charge in [0.15, 0.2) is 0 Å². The average Bonchev–Trinajstić information content (AvgIpc) is 2.30. The van der Waals surface area contributed by atoms with Gasteiger partial charge in [-0.3, -0.25) is 0 Å². The van der Waals surface area contributed by atoms with Gasteiger partial charge in [-0.25, -0.2) is 0 Å². The van der Waals surface area contributed by atoms with Crippen molar-refractivity contribution < 1.29 is 0 Å². The highest BCUT2D eigenvalue weighted by Gasteiger charge is 2.21. The maximum Gasteiger partial charge on any atom is 0.0631 e. The monoisotopic (exact) mass is 164 g/mol. The lowest BCUT2D eigenvalue weighted by molar-refractivity contribution is 1.03. The van der Waals surface area contributed by atoms with E-state index in [1.807, 2.05) is 12.1 Å². The van der Waals surface area contributed by atoms with Gasteiger partial charge in [0.05, 0.1) is 5.38 Å². The summed E-state index contributed by atoms with van der Waals surface area (Å²) < 4.78 is 0. The zero-order chi connectivity index (χ0) is 7.84. The van der Waals surface area contributed by atoms with Gasteiger partial charge in [0.25, 0.3) is 0 Å². The van der Waals surface area contributed by atoms with E-state index in [4.69, 9.17) is 11.6 Å². The van der Waals surface area contributed by atoms with Crippen molar-refractivity contribution >= 4 is 17.2 Å². The molecule has 0 spiro atoms. The van der Waals surface area contributed by atoms with Crippen molar-refractivity contribution in [2.24, 2.45) is 0 Å². The van der Waals surface area contributed by atoms with Crippen LogP contribution in [0.3, 0.4) is 0 Å². The van der Waals surface area contributed by atoms with Crippen LogP contribution in [0, 0.1) is 0 Å². The molecule has 0 fully saturated rings. The quantitative estimate of drug-likeness (QED) is 0.516. The molecule has 0 N–H and O–H groups in total. The van der Waals surface area contributed by atoms with E-state index in [9.17, 15) is 0 Å². The van der Waals surface area contributed by atoms with Gasteiger partial charge in [-0.1, -0.05) is 30.8 Å². The van der Waals surface area contributed by atoms with E-state index in [-0.39, 0.29) is 5.38 Å². The molecular weight excluding hydrogens is 156 g/mol. The largest absolute Gasteiger partial charge is 0.117 e. The second-order valence-corrected chi connectivity index (χ2v) is 3.39. The number of rotatable bonds is 0. The maximum atomic E-state index is 6.08. The predicted molar refractivity (Wildman–Crippen MR) is 48.7 cm³/mol. The van der Waals surface area contributed by atoms with Crippen LogP contribution in [0.1, 0.15) is 22.9 Å². The van der Waals surface area contributed by atoms with Crippen LogP contribution in [-0.4, -0.2) is 0 Å². The Hall–Kier alpha value is -0.750. The van der Waals surface area contributed by atoms with Gasteiger partial charge in [0.2, 0.25) is 0 Å². The first-order valence-corrected chi connectivity index (χ1v) is 4.14. The van der Waals surface area contributed by atoms with E-state index < -0.39 is 0 Å². The molecule has 11 heavy (non-hydrogen) atoms.